The Balaban J connectivity index is 1.45. The van der Waals surface area contributed by atoms with Crippen LogP contribution in [-0.2, 0) is 11.3 Å². The predicted octanol–water partition coefficient (Wildman–Crippen LogP) is 6.29. The maximum absolute atomic E-state index is 12.3. The Morgan fingerprint density at radius 3 is 2.59 bits per heavy atom. The Morgan fingerprint density at radius 1 is 1.00 bits per heavy atom. The molecule has 4 aromatic rings. The lowest BCUT2D eigenvalue weighted by molar-refractivity contribution is -0.118. The number of hydrogen-bond acceptors (Lipinski definition) is 4. The molecule has 1 amide bonds. The van der Waals surface area contributed by atoms with Crippen LogP contribution in [0, 0.1) is 0 Å². The molecule has 0 fully saturated rings. The molecule has 0 bridgehead atoms. The molecule has 0 atom stereocenters. The minimum Gasteiger partial charge on any atom is -0.314 e. The van der Waals surface area contributed by atoms with Gasteiger partial charge in [-0.15, -0.1) is 0 Å². The molecule has 1 aromatic heterocycles. The molecule has 3 aromatic carbocycles. The number of imidazole rings is 1. The van der Waals surface area contributed by atoms with Crippen molar-refractivity contribution in [3.63, 3.8) is 0 Å². The second-order valence-corrected chi connectivity index (χ2v) is 8.98. The molecule has 4 rings (SSSR count). The Labute approximate surface area is 204 Å². The monoisotopic (exact) mass is 502 g/mol. The van der Waals surface area contributed by atoms with Crippen molar-refractivity contribution in [2.45, 2.75) is 11.7 Å². The summed E-state index contributed by atoms with van der Waals surface area (Å²) in [5.41, 5.74) is 6.08. The predicted molar refractivity (Wildman–Crippen MR) is 133 cm³/mol. The molecular weight excluding hydrogens is 487 g/mol. The number of para-hydroxylation sites is 2. The van der Waals surface area contributed by atoms with Crippen molar-refractivity contribution in [3.05, 3.63) is 92.9 Å². The van der Waals surface area contributed by atoms with E-state index in [0.717, 1.165) is 27.3 Å². The molecule has 5 nitrogen and oxygen atoms in total. The quantitative estimate of drug-likeness (QED) is 0.183. The first-order valence-electron chi connectivity index (χ1n) is 9.59. The van der Waals surface area contributed by atoms with Gasteiger partial charge in [0.05, 0.1) is 39.6 Å². The van der Waals surface area contributed by atoms with Crippen molar-refractivity contribution in [2.24, 2.45) is 5.10 Å². The average Bonchev–Trinajstić information content (AvgIpc) is 3.14. The zero-order chi connectivity index (χ0) is 22.5. The number of thioether (sulfide) groups is 1. The summed E-state index contributed by atoms with van der Waals surface area (Å²) in [4.78, 5) is 17.0. The van der Waals surface area contributed by atoms with Gasteiger partial charge in [-0.3, -0.25) is 4.79 Å². The van der Waals surface area contributed by atoms with E-state index >= 15 is 0 Å². The third kappa shape index (κ3) is 5.45. The van der Waals surface area contributed by atoms with Crippen LogP contribution in [0.5, 0.6) is 0 Å². The van der Waals surface area contributed by atoms with Gasteiger partial charge in [0.1, 0.15) is 0 Å². The Bertz CT molecular complexity index is 1310. The number of hydrazone groups is 1. The molecular formula is C23H17Cl3N4OS. The van der Waals surface area contributed by atoms with Crippen molar-refractivity contribution >= 4 is 69.7 Å². The summed E-state index contributed by atoms with van der Waals surface area (Å²) in [5, 5.41) is 6.29. The molecule has 0 saturated heterocycles. The van der Waals surface area contributed by atoms with E-state index < -0.39 is 0 Å². The summed E-state index contributed by atoms with van der Waals surface area (Å²) in [5.74, 6) is -0.0902. The van der Waals surface area contributed by atoms with E-state index in [1.165, 1.54) is 18.0 Å². The fraction of sp³-hybridized carbons (Fsp3) is 0.0870. The second kappa shape index (κ2) is 10.4. The largest absolute Gasteiger partial charge is 0.314 e. The van der Waals surface area contributed by atoms with Crippen molar-refractivity contribution in [1.82, 2.24) is 15.0 Å². The summed E-state index contributed by atoms with van der Waals surface area (Å²) >= 11 is 19.6. The Kier molecular flexibility index (Phi) is 7.37. The molecule has 0 radical (unpaired) electrons. The number of nitrogens with zero attached hydrogens (tertiary/aromatic N) is 3. The average molecular weight is 504 g/mol. The number of hydrogen-bond donors (Lipinski definition) is 1. The van der Waals surface area contributed by atoms with Crippen LogP contribution in [0.25, 0.3) is 11.0 Å². The van der Waals surface area contributed by atoms with E-state index in [2.05, 4.69) is 15.1 Å². The number of fused-ring (bicyclic) bond motifs is 1. The first-order valence-corrected chi connectivity index (χ1v) is 11.7. The summed E-state index contributed by atoms with van der Waals surface area (Å²) in [6.45, 7) is 0.555. The smallest absolute Gasteiger partial charge is 0.250 e. The van der Waals surface area contributed by atoms with Gasteiger partial charge in [-0.05, 0) is 41.5 Å². The molecule has 1 N–H and O–H groups in total. The molecule has 0 unspecified atom stereocenters. The van der Waals surface area contributed by atoms with Gasteiger partial charge in [0.15, 0.2) is 5.16 Å². The Morgan fingerprint density at radius 2 is 1.78 bits per heavy atom. The van der Waals surface area contributed by atoms with Gasteiger partial charge in [0.2, 0.25) is 0 Å². The molecule has 162 valence electrons. The molecule has 32 heavy (non-hydrogen) atoms. The van der Waals surface area contributed by atoms with Gasteiger partial charge in [0.25, 0.3) is 5.91 Å². The first kappa shape index (κ1) is 22.7. The SMILES string of the molecule is O=C(CSc1nc2ccccc2n1Cc1ccccc1Cl)NN=Cc1ccc(Cl)c(Cl)c1. The third-order valence-corrected chi connectivity index (χ3v) is 6.67. The zero-order valence-electron chi connectivity index (χ0n) is 16.6. The van der Waals surface area contributed by atoms with Crippen LogP contribution in [0.3, 0.4) is 0 Å². The van der Waals surface area contributed by atoms with Gasteiger partial charge >= 0.3 is 0 Å². The van der Waals surface area contributed by atoms with Gasteiger partial charge in [-0.2, -0.15) is 5.10 Å². The third-order valence-electron chi connectivity index (χ3n) is 4.58. The van der Waals surface area contributed by atoms with Gasteiger partial charge in [-0.1, -0.05) is 83.0 Å². The van der Waals surface area contributed by atoms with Crippen LogP contribution < -0.4 is 5.43 Å². The number of aromatic nitrogens is 2. The molecule has 1 heterocycles. The zero-order valence-corrected chi connectivity index (χ0v) is 19.7. The number of rotatable bonds is 7. The lowest BCUT2D eigenvalue weighted by atomic mass is 10.2. The molecule has 0 spiro atoms. The summed E-state index contributed by atoms with van der Waals surface area (Å²) < 4.78 is 2.06. The van der Waals surface area contributed by atoms with E-state index in [1.807, 2.05) is 48.5 Å². The van der Waals surface area contributed by atoms with Crippen LogP contribution in [0.1, 0.15) is 11.1 Å². The van der Waals surface area contributed by atoms with Crippen LogP contribution in [-0.4, -0.2) is 27.4 Å². The number of benzene rings is 3. The fourth-order valence-corrected chi connectivity index (χ4v) is 4.36. The minimum atomic E-state index is -0.248. The van der Waals surface area contributed by atoms with Gasteiger partial charge in [0, 0.05) is 5.02 Å². The van der Waals surface area contributed by atoms with Gasteiger partial charge < -0.3 is 4.57 Å². The van der Waals surface area contributed by atoms with Crippen molar-refractivity contribution in [2.75, 3.05) is 5.75 Å². The number of carbonyl (C=O) groups is 1. The molecule has 9 heteroatoms. The summed E-state index contributed by atoms with van der Waals surface area (Å²) in [7, 11) is 0. The van der Waals surface area contributed by atoms with E-state index in [1.54, 1.807) is 18.2 Å². The lowest BCUT2D eigenvalue weighted by Crippen LogP contribution is -2.20. The highest BCUT2D eigenvalue weighted by molar-refractivity contribution is 7.99. The number of halogens is 3. The van der Waals surface area contributed by atoms with Crippen molar-refractivity contribution in [3.8, 4) is 0 Å². The Hall–Kier alpha value is -2.51. The number of amides is 1. The van der Waals surface area contributed by atoms with Gasteiger partial charge in [-0.25, -0.2) is 10.4 Å². The molecule has 0 aliphatic carbocycles. The summed E-state index contributed by atoms with van der Waals surface area (Å²) in [6.07, 6.45) is 1.51. The maximum atomic E-state index is 12.3. The van der Waals surface area contributed by atoms with Crippen LogP contribution >= 0.6 is 46.6 Å². The van der Waals surface area contributed by atoms with E-state index in [-0.39, 0.29) is 11.7 Å². The maximum Gasteiger partial charge on any atom is 0.250 e. The number of carbonyl (C=O) groups excluding carboxylic acids is 1. The van der Waals surface area contributed by atoms with E-state index in [0.29, 0.717) is 21.6 Å². The first-order chi connectivity index (χ1) is 15.5. The van der Waals surface area contributed by atoms with E-state index in [4.69, 9.17) is 39.8 Å². The van der Waals surface area contributed by atoms with Crippen LogP contribution in [0.15, 0.2) is 77.0 Å². The number of nitrogens with one attached hydrogen (secondary N) is 1. The van der Waals surface area contributed by atoms with Crippen LogP contribution in [0.4, 0.5) is 0 Å². The van der Waals surface area contributed by atoms with Crippen molar-refractivity contribution < 1.29 is 4.79 Å². The summed E-state index contributed by atoms with van der Waals surface area (Å²) in [6, 6.07) is 20.7. The normalized spacial score (nSPS) is 11.3. The van der Waals surface area contributed by atoms with Crippen molar-refractivity contribution in [1.29, 1.82) is 0 Å². The second-order valence-electron chi connectivity index (χ2n) is 6.82. The molecule has 0 saturated carbocycles. The highest BCUT2D eigenvalue weighted by Gasteiger charge is 2.14. The topological polar surface area (TPSA) is 59.3 Å². The lowest BCUT2D eigenvalue weighted by Gasteiger charge is -2.10. The van der Waals surface area contributed by atoms with Crippen LogP contribution in [0.2, 0.25) is 15.1 Å². The van der Waals surface area contributed by atoms with E-state index in [9.17, 15) is 4.79 Å². The standard InChI is InChI=1S/C23H17Cl3N4OS/c24-17-6-2-1-5-16(17)13-30-21-8-4-3-7-20(21)28-23(30)32-14-22(31)29-27-12-15-9-10-18(25)19(26)11-15/h1-12H,13-14H2,(H,29,31). The fourth-order valence-electron chi connectivity index (χ4n) is 3.05. The highest BCUT2D eigenvalue weighted by Crippen LogP contribution is 2.27. The highest BCUT2D eigenvalue weighted by atomic mass is 35.5. The molecule has 0 aliphatic heterocycles. The molecule has 0 aliphatic rings. The minimum absolute atomic E-state index is 0.157.